The van der Waals surface area contributed by atoms with E-state index in [2.05, 4.69) is 109 Å². The average Bonchev–Trinajstić information content (AvgIpc) is 2.39. The van der Waals surface area contributed by atoms with Crippen molar-refractivity contribution in [1.29, 1.82) is 0 Å². The summed E-state index contributed by atoms with van der Waals surface area (Å²) in [6.07, 6.45) is 0. The van der Waals surface area contributed by atoms with Crippen molar-refractivity contribution in [3.63, 3.8) is 0 Å². The molecule has 2 radical (unpaired) electrons. The van der Waals surface area contributed by atoms with Crippen molar-refractivity contribution in [3.05, 3.63) is 9.55 Å². The van der Waals surface area contributed by atoms with Crippen LogP contribution in [0.25, 0.3) is 4.65 Å². The van der Waals surface area contributed by atoms with Crippen LogP contribution in [0, 0.1) is 4.91 Å². The Morgan fingerprint density at radius 2 is 0.733 bits per heavy atom. The quantitative estimate of drug-likeness (QED) is 0.231. The van der Waals surface area contributed by atoms with Crippen LogP contribution in [-0.2, 0) is 19.5 Å². The summed E-state index contributed by atoms with van der Waals surface area (Å²) in [5.41, 5.74) is 5.75. The van der Waals surface area contributed by atoms with Gasteiger partial charge < -0.3 is 4.65 Å². The first-order valence-corrected chi connectivity index (χ1v) is 20.8. The maximum Gasteiger partial charge on any atom is 1.00 e. The van der Waals surface area contributed by atoms with Crippen molar-refractivity contribution in [1.82, 2.24) is 5.59 Å². The molecule has 0 aliphatic heterocycles. The summed E-state index contributed by atoms with van der Waals surface area (Å²) in [5, 5.41) is 1.78. The molecular weight excluding hydrogens is 527 g/mol. The van der Waals surface area contributed by atoms with E-state index in [9.17, 15) is 0 Å². The van der Waals surface area contributed by atoms with Crippen molar-refractivity contribution < 1.29 is 19.5 Å². The van der Waals surface area contributed by atoms with Gasteiger partial charge in [-0.25, -0.2) is 0 Å². The maximum atomic E-state index is 7.25. The SMILES string of the molecule is CC(C)(C)[PH+](C[Si](C)(C)[N-][Si](C)(C)C[PH+](C(C)(C)C)C(C)(C)C)C(C)(C)C.[N]=O.[Ru+]. The molecule has 0 saturated carbocycles. The predicted molar refractivity (Wildman–Crippen MR) is 149 cm³/mol. The molecule has 0 aromatic rings. The Labute approximate surface area is 207 Å². The molecule has 8 heteroatoms. The Hall–Kier alpha value is 1.48. The summed E-state index contributed by atoms with van der Waals surface area (Å²) in [6, 6.07) is 0. The molecule has 30 heavy (non-hydrogen) atoms. The van der Waals surface area contributed by atoms with Gasteiger partial charge in [-0.1, -0.05) is 26.2 Å². The molecule has 0 saturated heterocycles. The van der Waals surface area contributed by atoms with Crippen LogP contribution >= 0.6 is 15.8 Å². The Morgan fingerprint density at radius 3 is 0.867 bits per heavy atom. The molecular formula is C22H54N2OP2RuSi2+2. The first-order valence-electron chi connectivity index (χ1n) is 11.0. The van der Waals surface area contributed by atoms with E-state index in [4.69, 9.17) is 15.1 Å². The number of nitrogens with zero attached hydrogens (tertiary/aromatic N) is 2. The fourth-order valence-corrected chi connectivity index (χ4v) is 33.6. The van der Waals surface area contributed by atoms with Crippen LogP contribution < -0.4 is 5.59 Å². The number of rotatable bonds is 6. The van der Waals surface area contributed by atoms with E-state index < -0.39 is 32.3 Å². The molecule has 0 fully saturated rings. The van der Waals surface area contributed by atoms with Crippen molar-refractivity contribution in [2.45, 2.75) is 130 Å². The predicted octanol–water partition coefficient (Wildman–Crippen LogP) is 8.02. The molecule has 3 nitrogen and oxygen atoms in total. The van der Waals surface area contributed by atoms with E-state index in [1.165, 1.54) is 11.6 Å². The largest absolute Gasteiger partial charge is 1.00 e. The molecule has 0 rings (SSSR count). The molecule has 0 aliphatic carbocycles. The standard InChI is InChI=1S/C22H52NP2Si2.NO.Ru/c1-19(2,3)24(20(4,5)6)17-26(13,14)23-27(15,16)18-25(21(7,8)9)22(10,11)12;1-2;/h17-18H2,1-16H3;;/q-1;;+1/p+2. The van der Waals surface area contributed by atoms with Gasteiger partial charge >= 0.3 is 19.5 Å². The third-order valence-corrected chi connectivity index (χ3v) is 27.3. The van der Waals surface area contributed by atoms with E-state index in [-0.39, 0.29) is 19.5 Å². The van der Waals surface area contributed by atoms with Gasteiger partial charge in [-0.2, -0.15) is 0 Å². The summed E-state index contributed by atoms with van der Waals surface area (Å²) in [7, 11) is -4.10. The van der Waals surface area contributed by atoms with Gasteiger partial charge in [-0.3, -0.25) is 0 Å². The second kappa shape index (κ2) is 12.3. The molecule has 0 N–H and O–H groups in total. The van der Waals surface area contributed by atoms with Crippen molar-refractivity contribution in [3.8, 4) is 0 Å². The van der Waals surface area contributed by atoms with E-state index in [1.807, 2.05) is 0 Å². The van der Waals surface area contributed by atoms with Crippen LogP contribution in [0.5, 0.6) is 0 Å². The molecule has 182 valence electrons. The molecule has 0 spiro atoms. The molecule has 0 aliphatic rings. The van der Waals surface area contributed by atoms with Crippen LogP contribution in [0.3, 0.4) is 0 Å². The van der Waals surface area contributed by atoms with E-state index in [1.54, 1.807) is 0 Å². The van der Waals surface area contributed by atoms with Crippen LogP contribution in [0.15, 0.2) is 0 Å². The minimum atomic E-state index is -1.56. The van der Waals surface area contributed by atoms with Crippen LogP contribution in [0.1, 0.15) is 83.1 Å². The number of nitroso groups, excluding NO2 is 1. The average molecular weight is 582 g/mol. The van der Waals surface area contributed by atoms with Gasteiger partial charge in [0, 0.05) is 27.4 Å². The molecule has 0 bridgehead atoms. The zero-order valence-electron chi connectivity index (χ0n) is 23.1. The van der Waals surface area contributed by atoms with E-state index >= 15 is 0 Å². The second-order valence-electron chi connectivity index (χ2n) is 14.0. The Morgan fingerprint density at radius 1 is 0.567 bits per heavy atom. The first-order chi connectivity index (χ1) is 12.4. The van der Waals surface area contributed by atoms with Crippen molar-refractivity contribution in [2.75, 3.05) is 11.6 Å². The van der Waals surface area contributed by atoms with Gasteiger partial charge in [0.1, 0.15) is 5.59 Å². The minimum Gasteiger partial charge on any atom is -0.661 e. The minimum absolute atomic E-state index is 0. The number of hydrogen-bond acceptors (Lipinski definition) is 1. The Balaban J connectivity index is -0.00000235. The molecule has 0 heterocycles. The van der Waals surface area contributed by atoms with Crippen molar-refractivity contribution in [2.24, 2.45) is 0 Å². The van der Waals surface area contributed by atoms with Crippen LogP contribution in [0.2, 0.25) is 26.2 Å². The smallest absolute Gasteiger partial charge is 0.661 e. The molecule has 0 amide bonds. The summed E-state index contributed by atoms with van der Waals surface area (Å²) < 4.78 is 5.80. The third-order valence-electron chi connectivity index (χ3n) is 5.45. The van der Waals surface area contributed by atoms with E-state index in [0.29, 0.717) is 20.6 Å². The zero-order chi connectivity index (χ0) is 24.3. The fourth-order valence-electron chi connectivity index (χ4n) is 5.07. The summed E-state index contributed by atoms with van der Waals surface area (Å²) in [6.45, 7) is 39.9. The van der Waals surface area contributed by atoms with E-state index in [0.717, 1.165) is 0 Å². The number of hydrogen-bond donors (Lipinski definition) is 0. The van der Waals surface area contributed by atoms with Gasteiger partial charge in [0.15, 0.2) is 0 Å². The van der Waals surface area contributed by atoms with Gasteiger partial charge in [-0.05, 0) is 99.6 Å². The van der Waals surface area contributed by atoms with Crippen LogP contribution in [0.4, 0.5) is 0 Å². The third kappa shape index (κ3) is 13.9. The Bertz CT molecular complexity index is 433. The van der Waals surface area contributed by atoms with Gasteiger partial charge in [0.25, 0.3) is 0 Å². The maximum absolute atomic E-state index is 7.25. The molecule has 0 atom stereocenters. The van der Waals surface area contributed by atoms with Gasteiger partial charge in [-0.15, -0.1) is 4.91 Å². The Kier molecular flexibility index (Phi) is 14.7. The molecule has 0 aromatic carbocycles. The van der Waals surface area contributed by atoms with Crippen LogP contribution in [-0.4, -0.2) is 48.7 Å². The zero-order valence-corrected chi connectivity index (χ0v) is 28.8. The van der Waals surface area contributed by atoms with Gasteiger partial charge in [0.2, 0.25) is 0 Å². The van der Waals surface area contributed by atoms with Crippen molar-refractivity contribution >= 4 is 32.3 Å². The topological polar surface area (TPSA) is 53.5 Å². The van der Waals surface area contributed by atoms with Gasteiger partial charge in [0.05, 0.1) is 20.6 Å². The normalized spacial score (nSPS) is 14.3. The summed E-state index contributed by atoms with van der Waals surface area (Å²) >= 11 is 0. The first kappa shape index (κ1) is 36.1. The monoisotopic (exact) mass is 582 g/mol. The fraction of sp³-hybridized carbons (Fsp3) is 1.00. The second-order valence-corrected chi connectivity index (χ2v) is 32.9. The molecule has 0 aromatic heterocycles. The summed E-state index contributed by atoms with van der Waals surface area (Å²) in [5.74, 6) is 2.85. The summed E-state index contributed by atoms with van der Waals surface area (Å²) in [4.78, 5) is 7.25. The molecule has 0 unspecified atom stereocenters.